The molecule has 0 aromatic carbocycles. The van der Waals surface area contributed by atoms with Gasteiger partial charge in [-0.3, -0.25) is 9.59 Å². The molecule has 8 nitrogen and oxygen atoms in total. The Hall–Kier alpha value is -1.65. The lowest BCUT2D eigenvalue weighted by molar-refractivity contribution is -0.131. The number of hydrogen-bond donors (Lipinski definition) is 1. The Balaban J connectivity index is 1.82. The first-order valence-electron chi connectivity index (χ1n) is 9.02. The van der Waals surface area contributed by atoms with Crippen molar-refractivity contribution >= 4 is 33.6 Å². The molecule has 1 N–H and O–H groups in total. The second-order valence-electron chi connectivity index (χ2n) is 6.07. The molecule has 0 radical (unpaired) electrons. The summed E-state index contributed by atoms with van der Waals surface area (Å²) < 4.78 is 26.2. The highest BCUT2D eigenvalue weighted by Gasteiger charge is 2.22. The predicted molar refractivity (Wildman–Crippen MR) is 104 cm³/mol. The summed E-state index contributed by atoms with van der Waals surface area (Å²) in [6.45, 7) is 5.88. The van der Waals surface area contributed by atoms with Crippen LogP contribution in [0.25, 0.3) is 0 Å². The third-order valence-electron chi connectivity index (χ3n) is 4.30. The number of amides is 2. The summed E-state index contributed by atoms with van der Waals surface area (Å²) in [5.74, 6) is -0.202. The summed E-state index contributed by atoms with van der Waals surface area (Å²) in [6, 6.07) is 3.08. The average Bonchev–Trinajstić information content (AvgIpc) is 3.20. The molecule has 1 aromatic rings. The maximum atomic E-state index is 12.4. The van der Waals surface area contributed by atoms with Gasteiger partial charge in [-0.15, -0.1) is 0 Å². The summed E-state index contributed by atoms with van der Waals surface area (Å²) in [5, 5.41) is 3.16. The maximum absolute atomic E-state index is 12.4. The molecule has 0 unspecified atom stereocenters. The summed E-state index contributed by atoms with van der Waals surface area (Å²) >= 11 is 1.20. The van der Waals surface area contributed by atoms with E-state index in [4.69, 9.17) is 0 Å². The Morgan fingerprint density at radius 1 is 1.22 bits per heavy atom. The number of nitrogens with one attached hydrogen (secondary N) is 1. The number of rotatable bonds is 9. The standard InChI is InChI=1S/C17H26N4O4S2/c1-3-21(4-2)27(24,25)14-7-8-16(19-11-14)26-13-15(22)18-12-17(23)20-9-5-6-10-20/h7-8,11H,3-6,9-10,12-13H2,1-2H3,(H,18,22). The fourth-order valence-electron chi connectivity index (χ4n) is 2.76. The molecular formula is C17H26N4O4S2. The number of carbonyl (C=O) groups excluding carboxylic acids is 2. The highest BCUT2D eigenvalue weighted by Crippen LogP contribution is 2.19. The van der Waals surface area contributed by atoms with Gasteiger partial charge in [-0.2, -0.15) is 4.31 Å². The smallest absolute Gasteiger partial charge is 0.244 e. The van der Waals surface area contributed by atoms with Gasteiger partial charge in [-0.05, 0) is 25.0 Å². The largest absolute Gasteiger partial charge is 0.346 e. The third kappa shape index (κ3) is 5.91. The highest BCUT2D eigenvalue weighted by molar-refractivity contribution is 7.99. The van der Waals surface area contributed by atoms with Crippen molar-refractivity contribution in [2.75, 3.05) is 38.5 Å². The van der Waals surface area contributed by atoms with Gasteiger partial charge in [-0.1, -0.05) is 25.6 Å². The molecule has 1 aliphatic rings. The van der Waals surface area contributed by atoms with Gasteiger partial charge >= 0.3 is 0 Å². The van der Waals surface area contributed by atoms with Gasteiger partial charge in [0.2, 0.25) is 21.8 Å². The van der Waals surface area contributed by atoms with Gasteiger partial charge in [0, 0.05) is 32.4 Å². The first-order chi connectivity index (χ1) is 12.9. The monoisotopic (exact) mass is 414 g/mol. The van der Waals surface area contributed by atoms with Crippen molar-refractivity contribution in [3.8, 4) is 0 Å². The lowest BCUT2D eigenvalue weighted by Crippen LogP contribution is -2.39. The first-order valence-corrected chi connectivity index (χ1v) is 11.4. The van der Waals surface area contributed by atoms with Crippen LogP contribution in [-0.2, 0) is 19.6 Å². The molecular weight excluding hydrogens is 388 g/mol. The van der Waals surface area contributed by atoms with E-state index in [-0.39, 0.29) is 29.0 Å². The first kappa shape index (κ1) is 21.6. The van der Waals surface area contributed by atoms with Crippen LogP contribution in [0.5, 0.6) is 0 Å². The fraction of sp³-hybridized carbons (Fsp3) is 0.588. The second kappa shape index (κ2) is 10.0. The van der Waals surface area contributed by atoms with Crippen molar-refractivity contribution in [2.24, 2.45) is 0 Å². The topological polar surface area (TPSA) is 99.7 Å². The van der Waals surface area contributed by atoms with Crippen LogP contribution in [0.4, 0.5) is 0 Å². The van der Waals surface area contributed by atoms with Crippen LogP contribution in [0.3, 0.4) is 0 Å². The molecule has 2 heterocycles. The Kier molecular flexibility index (Phi) is 8.06. The minimum Gasteiger partial charge on any atom is -0.346 e. The van der Waals surface area contributed by atoms with Crippen LogP contribution in [-0.4, -0.2) is 72.9 Å². The van der Waals surface area contributed by atoms with Crippen LogP contribution in [0, 0.1) is 0 Å². The van der Waals surface area contributed by atoms with E-state index < -0.39 is 10.0 Å². The van der Waals surface area contributed by atoms with Crippen LogP contribution in [0.1, 0.15) is 26.7 Å². The van der Waals surface area contributed by atoms with Crippen molar-refractivity contribution < 1.29 is 18.0 Å². The lowest BCUT2D eigenvalue weighted by atomic mass is 10.4. The van der Waals surface area contributed by atoms with Gasteiger partial charge in [0.25, 0.3) is 0 Å². The molecule has 0 aliphatic carbocycles. The summed E-state index contributed by atoms with van der Waals surface area (Å²) in [6.07, 6.45) is 3.34. The number of aromatic nitrogens is 1. The predicted octanol–water partition coefficient (Wildman–Crippen LogP) is 0.943. The number of pyridine rings is 1. The van der Waals surface area contributed by atoms with Crippen molar-refractivity contribution in [1.29, 1.82) is 0 Å². The summed E-state index contributed by atoms with van der Waals surface area (Å²) in [7, 11) is -3.54. The fourth-order valence-corrected chi connectivity index (χ4v) is 4.84. The molecule has 0 bridgehead atoms. The van der Waals surface area contributed by atoms with E-state index in [9.17, 15) is 18.0 Å². The van der Waals surface area contributed by atoms with Gasteiger partial charge in [0.05, 0.1) is 17.3 Å². The van der Waals surface area contributed by atoms with E-state index in [1.165, 1.54) is 28.3 Å². The molecule has 1 aliphatic heterocycles. The van der Waals surface area contributed by atoms with Crippen LogP contribution in [0.15, 0.2) is 28.3 Å². The molecule has 0 atom stereocenters. The van der Waals surface area contributed by atoms with E-state index in [1.54, 1.807) is 24.8 Å². The van der Waals surface area contributed by atoms with Gasteiger partial charge < -0.3 is 10.2 Å². The number of carbonyl (C=O) groups is 2. The van der Waals surface area contributed by atoms with Gasteiger partial charge in [0.1, 0.15) is 4.90 Å². The third-order valence-corrected chi connectivity index (χ3v) is 7.28. The summed E-state index contributed by atoms with van der Waals surface area (Å²) in [4.78, 5) is 29.8. The van der Waals surface area contributed by atoms with Gasteiger partial charge in [-0.25, -0.2) is 13.4 Å². The van der Waals surface area contributed by atoms with E-state index in [2.05, 4.69) is 10.3 Å². The highest BCUT2D eigenvalue weighted by atomic mass is 32.2. The zero-order valence-corrected chi connectivity index (χ0v) is 17.3. The minimum absolute atomic E-state index is 0.00781. The summed E-state index contributed by atoms with van der Waals surface area (Å²) in [5.41, 5.74) is 0. The normalized spacial score (nSPS) is 14.6. The van der Waals surface area contributed by atoms with E-state index in [0.717, 1.165) is 25.9 Å². The van der Waals surface area contributed by atoms with E-state index in [0.29, 0.717) is 18.1 Å². The number of nitrogens with zero attached hydrogens (tertiary/aromatic N) is 3. The quantitative estimate of drug-likeness (QED) is 0.604. The molecule has 10 heteroatoms. The molecule has 1 saturated heterocycles. The minimum atomic E-state index is -3.54. The Morgan fingerprint density at radius 2 is 1.89 bits per heavy atom. The molecule has 1 aromatic heterocycles. The zero-order valence-electron chi connectivity index (χ0n) is 15.7. The average molecular weight is 415 g/mol. The van der Waals surface area contributed by atoms with Crippen LogP contribution in [0.2, 0.25) is 0 Å². The number of sulfonamides is 1. The Labute approximate surface area is 164 Å². The van der Waals surface area contributed by atoms with Crippen LogP contribution >= 0.6 is 11.8 Å². The molecule has 1 fully saturated rings. The van der Waals surface area contributed by atoms with Crippen LogP contribution < -0.4 is 5.32 Å². The molecule has 150 valence electrons. The van der Waals surface area contributed by atoms with E-state index in [1.807, 2.05) is 0 Å². The number of likely N-dealkylation sites (tertiary alicyclic amines) is 1. The zero-order chi connectivity index (χ0) is 19.9. The molecule has 0 saturated carbocycles. The molecule has 0 spiro atoms. The van der Waals surface area contributed by atoms with Crippen molar-refractivity contribution in [1.82, 2.24) is 19.5 Å². The van der Waals surface area contributed by atoms with Crippen molar-refractivity contribution in [3.05, 3.63) is 18.3 Å². The van der Waals surface area contributed by atoms with E-state index >= 15 is 0 Å². The van der Waals surface area contributed by atoms with Crippen molar-refractivity contribution in [3.63, 3.8) is 0 Å². The molecule has 2 rings (SSSR count). The second-order valence-corrected chi connectivity index (χ2v) is 9.01. The maximum Gasteiger partial charge on any atom is 0.244 e. The number of hydrogen-bond acceptors (Lipinski definition) is 6. The molecule has 2 amide bonds. The molecule has 27 heavy (non-hydrogen) atoms. The Bertz CT molecular complexity index is 743. The van der Waals surface area contributed by atoms with Gasteiger partial charge in [0.15, 0.2) is 0 Å². The number of thioether (sulfide) groups is 1. The SMILES string of the molecule is CCN(CC)S(=O)(=O)c1ccc(SCC(=O)NCC(=O)N2CCCC2)nc1. The Morgan fingerprint density at radius 3 is 2.44 bits per heavy atom. The van der Waals surface area contributed by atoms with Crippen molar-refractivity contribution in [2.45, 2.75) is 36.6 Å². The lowest BCUT2D eigenvalue weighted by Gasteiger charge is -2.18.